The average Bonchev–Trinajstić information content (AvgIpc) is 3.20. The number of fused-ring (bicyclic) bond motifs is 1. The number of allylic oxidation sites excluding steroid dienone is 2. The molecule has 1 aromatic carbocycles. The molecule has 1 aliphatic carbocycles. The van der Waals surface area contributed by atoms with Crippen molar-refractivity contribution in [2.45, 2.75) is 10.6 Å². The van der Waals surface area contributed by atoms with Gasteiger partial charge in [-0.1, -0.05) is 30.3 Å². The number of methoxy groups -OCH3 is 1. The van der Waals surface area contributed by atoms with Crippen LogP contribution in [0.4, 0.5) is 0 Å². The van der Waals surface area contributed by atoms with Crippen molar-refractivity contribution in [3.05, 3.63) is 63.9 Å². The van der Waals surface area contributed by atoms with E-state index in [9.17, 15) is 18.0 Å². The van der Waals surface area contributed by atoms with Crippen LogP contribution in [0, 0.1) is 0 Å². The van der Waals surface area contributed by atoms with Crippen molar-refractivity contribution in [1.29, 1.82) is 0 Å². The second-order valence-corrected chi connectivity index (χ2v) is 9.36. The van der Waals surface area contributed by atoms with Crippen molar-refractivity contribution in [3.8, 4) is 0 Å². The average molecular weight is 422 g/mol. The number of esters is 1. The van der Waals surface area contributed by atoms with Gasteiger partial charge in [0.2, 0.25) is 0 Å². The van der Waals surface area contributed by atoms with Crippen LogP contribution in [0.25, 0.3) is 0 Å². The minimum atomic E-state index is -3.87. The van der Waals surface area contributed by atoms with E-state index in [2.05, 4.69) is 9.13 Å². The van der Waals surface area contributed by atoms with E-state index in [0.29, 0.717) is 21.8 Å². The lowest BCUT2D eigenvalue weighted by atomic mass is 9.94. The molecule has 0 fully saturated rings. The number of carbonyl (C=O) groups is 2. The van der Waals surface area contributed by atoms with E-state index in [0.717, 1.165) is 11.3 Å². The Morgan fingerprint density at radius 3 is 2.59 bits per heavy atom. The molecule has 1 aromatic heterocycles. The summed E-state index contributed by atoms with van der Waals surface area (Å²) in [4.78, 5) is 24.3. The quantitative estimate of drug-likeness (QED) is 0.665. The van der Waals surface area contributed by atoms with Gasteiger partial charge in [0.15, 0.2) is 5.78 Å². The molecule has 1 aliphatic rings. The van der Waals surface area contributed by atoms with Crippen molar-refractivity contribution in [2.75, 3.05) is 12.9 Å². The maximum atomic E-state index is 12.7. The standard InChI is InChI=1S/C18H15NO5S3/c1-24-16(20)8-10-25-15-11-14(12-5-2-3-6-13(12)18(15)21)19-27(22,23)17-7-4-9-26-17/h2-7,9,11H,8,10H2,1H3. The van der Waals surface area contributed by atoms with E-state index in [4.69, 9.17) is 0 Å². The Hall–Kier alpha value is -2.23. The summed E-state index contributed by atoms with van der Waals surface area (Å²) in [5.41, 5.74) is 1.07. The Morgan fingerprint density at radius 2 is 1.93 bits per heavy atom. The van der Waals surface area contributed by atoms with Gasteiger partial charge in [0.25, 0.3) is 10.0 Å². The molecule has 0 aliphatic heterocycles. The summed E-state index contributed by atoms with van der Waals surface area (Å²) in [6, 6.07) is 9.87. The third-order valence-electron chi connectivity index (χ3n) is 3.70. The van der Waals surface area contributed by atoms with E-state index in [1.165, 1.54) is 31.0 Å². The summed E-state index contributed by atoms with van der Waals surface area (Å²) >= 11 is 2.26. The molecule has 0 amide bonds. The van der Waals surface area contributed by atoms with E-state index >= 15 is 0 Å². The van der Waals surface area contributed by atoms with E-state index in [-0.39, 0.29) is 28.1 Å². The molecule has 3 rings (SSSR count). The summed E-state index contributed by atoms with van der Waals surface area (Å²) in [6.45, 7) is 0. The fourth-order valence-corrected chi connectivity index (χ4v) is 5.31. The minimum Gasteiger partial charge on any atom is -0.469 e. The molecule has 0 spiro atoms. The second-order valence-electron chi connectivity index (χ2n) is 5.44. The van der Waals surface area contributed by atoms with Gasteiger partial charge in [0.05, 0.1) is 24.1 Å². The second kappa shape index (κ2) is 8.20. The molecule has 0 saturated carbocycles. The molecule has 9 heteroatoms. The molecule has 0 N–H and O–H groups in total. The molecule has 27 heavy (non-hydrogen) atoms. The number of ketones is 1. The molecule has 0 unspecified atom stereocenters. The Bertz CT molecular complexity index is 1040. The Labute approximate surface area is 165 Å². The predicted octanol–water partition coefficient (Wildman–Crippen LogP) is 3.30. The van der Waals surface area contributed by atoms with E-state index in [1.807, 2.05) is 0 Å². The monoisotopic (exact) mass is 421 g/mol. The highest BCUT2D eigenvalue weighted by molar-refractivity contribution is 8.04. The molecule has 0 radical (unpaired) electrons. The van der Waals surface area contributed by atoms with Gasteiger partial charge in [-0.2, -0.15) is 12.8 Å². The topological polar surface area (TPSA) is 89.9 Å². The van der Waals surface area contributed by atoms with Gasteiger partial charge >= 0.3 is 5.97 Å². The van der Waals surface area contributed by atoms with E-state index in [1.54, 1.807) is 35.7 Å². The van der Waals surface area contributed by atoms with Crippen molar-refractivity contribution < 1.29 is 22.7 Å². The summed E-state index contributed by atoms with van der Waals surface area (Å²) in [6.07, 6.45) is 1.62. The molecule has 6 nitrogen and oxygen atoms in total. The van der Waals surface area contributed by atoms with Crippen molar-refractivity contribution in [3.63, 3.8) is 0 Å². The normalized spacial score (nSPS) is 15.4. The van der Waals surface area contributed by atoms with Crippen molar-refractivity contribution >= 4 is 50.6 Å². The van der Waals surface area contributed by atoms with Crippen LogP contribution in [0.2, 0.25) is 0 Å². The fraction of sp³-hybridized carbons (Fsp3) is 0.167. The highest BCUT2D eigenvalue weighted by atomic mass is 32.2. The first kappa shape index (κ1) is 19.5. The number of hydrogen-bond acceptors (Lipinski definition) is 7. The number of ether oxygens (including phenoxy) is 1. The van der Waals surface area contributed by atoms with Crippen LogP contribution in [0.3, 0.4) is 0 Å². The summed E-state index contributed by atoms with van der Waals surface area (Å²) < 4.78 is 33.8. The van der Waals surface area contributed by atoms with Crippen molar-refractivity contribution in [1.82, 2.24) is 0 Å². The van der Waals surface area contributed by atoms with Crippen LogP contribution in [0.5, 0.6) is 0 Å². The van der Waals surface area contributed by atoms with Gasteiger partial charge < -0.3 is 4.74 Å². The van der Waals surface area contributed by atoms with Crippen LogP contribution in [0.1, 0.15) is 22.3 Å². The van der Waals surface area contributed by atoms with Crippen LogP contribution in [-0.4, -0.2) is 38.7 Å². The first-order valence-electron chi connectivity index (χ1n) is 7.86. The number of benzene rings is 1. The largest absolute Gasteiger partial charge is 0.469 e. The lowest BCUT2D eigenvalue weighted by molar-refractivity contribution is -0.140. The molecule has 0 bridgehead atoms. The number of thioether (sulfide) groups is 1. The van der Waals surface area contributed by atoms with Gasteiger partial charge in [-0.3, -0.25) is 9.59 Å². The van der Waals surface area contributed by atoms with Gasteiger partial charge in [0.1, 0.15) is 4.21 Å². The SMILES string of the molecule is COC(=O)CCSC1=CC(=NS(=O)(=O)c2cccs2)c2ccccc2C1=O. The van der Waals surface area contributed by atoms with Crippen LogP contribution in [-0.2, 0) is 19.6 Å². The van der Waals surface area contributed by atoms with E-state index < -0.39 is 10.0 Å². The third kappa shape index (κ3) is 4.37. The first-order valence-corrected chi connectivity index (χ1v) is 11.2. The summed E-state index contributed by atoms with van der Waals surface area (Å²) in [7, 11) is -2.57. The highest BCUT2D eigenvalue weighted by Crippen LogP contribution is 2.30. The molecule has 2 aromatic rings. The third-order valence-corrected chi connectivity index (χ3v) is 7.38. The summed E-state index contributed by atoms with van der Waals surface area (Å²) in [5.74, 6) is -0.244. The minimum absolute atomic E-state index is 0.137. The molecule has 140 valence electrons. The highest BCUT2D eigenvalue weighted by Gasteiger charge is 2.26. The van der Waals surface area contributed by atoms with Gasteiger partial charge in [-0.25, -0.2) is 0 Å². The van der Waals surface area contributed by atoms with Gasteiger partial charge in [0, 0.05) is 16.9 Å². The molecule has 0 saturated heterocycles. The Morgan fingerprint density at radius 1 is 1.19 bits per heavy atom. The Balaban J connectivity index is 1.98. The van der Waals surface area contributed by atoms with Crippen LogP contribution in [0.15, 0.2) is 61.4 Å². The number of sulfonamides is 1. The maximum Gasteiger partial charge on any atom is 0.306 e. The molecule has 0 atom stereocenters. The fourth-order valence-electron chi connectivity index (χ4n) is 2.42. The molecule has 1 heterocycles. The summed E-state index contributed by atoms with van der Waals surface area (Å²) in [5, 5.41) is 1.66. The Kier molecular flexibility index (Phi) is 5.93. The smallest absolute Gasteiger partial charge is 0.306 e. The zero-order valence-corrected chi connectivity index (χ0v) is 16.7. The first-order chi connectivity index (χ1) is 12.9. The van der Waals surface area contributed by atoms with Crippen LogP contribution >= 0.6 is 23.1 Å². The lowest BCUT2D eigenvalue weighted by Gasteiger charge is -2.16. The number of carbonyl (C=O) groups excluding carboxylic acids is 2. The molecular formula is C18H15NO5S3. The van der Waals surface area contributed by atoms with Gasteiger partial charge in [-0.15, -0.1) is 23.1 Å². The van der Waals surface area contributed by atoms with Crippen LogP contribution < -0.4 is 0 Å². The zero-order chi connectivity index (χ0) is 19.4. The number of rotatable bonds is 6. The van der Waals surface area contributed by atoms with Crippen molar-refractivity contribution in [2.24, 2.45) is 4.40 Å². The number of thiophene rings is 1. The number of nitrogens with zero attached hydrogens (tertiary/aromatic N) is 1. The predicted molar refractivity (Wildman–Crippen MR) is 106 cm³/mol. The lowest BCUT2D eigenvalue weighted by Crippen LogP contribution is -2.17. The maximum absolute atomic E-state index is 12.7. The number of Topliss-reactive ketones (excluding diaryl/α,β-unsaturated/α-hetero) is 1. The molecular weight excluding hydrogens is 406 g/mol. The van der Waals surface area contributed by atoms with Gasteiger partial charge in [-0.05, 0) is 17.5 Å². The number of hydrogen-bond donors (Lipinski definition) is 0. The zero-order valence-electron chi connectivity index (χ0n) is 14.2.